The van der Waals surface area contributed by atoms with E-state index in [4.69, 9.17) is 9.84 Å². The summed E-state index contributed by atoms with van der Waals surface area (Å²) in [7, 11) is 1.14. The molecular weight excluding hydrogens is 410 g/mol. The Balaban J connectivity index is 2.02. The van der Waals surface area contributed by atoms with Gasteiger partial charge in [0.15, 0.2) is 0 Å². The molecule has 168 valence electrons. The highest BCUT2D eigenvalue weighted by molar-refractivity contribution is 5.95. The molecule has 1 aromatic rings. The summed E-state index contributed by atoms with van der Waals surface area (Å²) in [6, 6.07) is 6.71. The van der Waals surface area contributed by atoms with Gasteiger partial charge in [0.1, 0.15) is 25.2 Å². The zero-order chi connectivity index (χ0) is 23.0. The van der Waals surface area contributed by atoms with Gasteiger partial charge in [-0.25, -0.2) is 4.79 Å². The van der Waals surface area contributed by atoms with Gasteiger partial charge in [0.2, 0.25) is 11.8 Å². The van der Waals surface area contributed by atoms with E-state index in [1.807, 2.05) is 6.07 Å². The molecule has 2 N–H and O–H groups in total. The van der Waals surface area contributed by atoms with Crippen LogP contribution in [0.15, 0.2) is 30.3 Å². The summed E-state index contributed by atoms with van der Waals surface area (Å²) in [6.45, 7) is 0.892. The van der Waals surface area contributed by atoms with Gasteiger partial charge < -0.3 is 29.7 Å². The molecule has 2 rings (SSSR count). The Kier molecular flexibility index (Phi) is 8.35. The number of piperazine rings is 1. The topological polar surface area (TPSA) is 143 Å². The fraction of sp³-hybridized carbons (Fsp3) is 0.450. The number of rotatable bonds is 8. The molecule has 1 saturated heterocycles. The minimum atomic E-state index is -1.22. The van der Waals surface area contributed by atoms with Crippen molar-refractivity contribution in [3.8, 4) is 0 Å². The molecular formula is C20H25N3O8. The Labute approximate surface area is 178 Å². The van der Waals surface area contributed by atoms with E-state index in [0.717, 1.165) is 22.5 Å². The highest BCUT2D eigenvalue weighted by Gasteiger charge is 2.41. The zero-order valence-corrected chi connectivity index (χ0v) is 17.3. The molecule has 3 amide bonds. The molecule has 1 heterocycles. The highest BCUT2D eigenvalue weighted by Crippen LogP contribution is 2.17. The molecule has 31 heavy (non-hydrogen) atoms. The van der Waals surface area contributed by atoms with Crippen LogP contribution in [0, 0.1) is 0 Å². The molecule has 0 radical (unpaired) electrons. The van der Waals surface area contributed by atoms with Gasteiger partial charge in [-0.1, -0.05) is 30.3 Å². The van der Waals surface area contributed by atoms with Gasteiger partial charge in [0.25, 0.3) is 0 Å². The number of carbonyl (C=O) groups excluding carboxylic acids is 4. The number of esters is 1. The largest absolute Gasteiger partial charge is 0.480 e. The molecule has 1 aromatic carbocycles. The number of carbonyl (C=O) groups is 5. The van der Waals surface area contributed by atoms with E-state index >= 15 is 0 Å². The lowest BCUT2D eigenvalue weighted by molar-refractivity contribution is -0.159. The number of amides is 3. The lowest BCUT2D eigenvalue weighted by Crippen LogP contribution is -2.62. The van der Waals surface area contributed by atoms with Crippen LogP contribution in [0.4, 0.5) is 4.79 Å². The van der Waals surface area contributed by atoms with E-state index in [2.05, 4.69) is 10.1 Å². The molecule has 1 aliphatic heterocycles. The first-order chi connectivity index (χ1) is 14.7. The van der Waals surface area contributed by atoms with Crippen molar-refractivity contribution in [2.24, 2.45) is 0 Å². The van der Waals surface area contributed by atoms with Gasteiger partial charge in [-0.3, -0.25) is 19.2 Å². The first-order valence-corrected chi connectivity index (χ1v) is 9.58. The van der Waals surface area contributed by atoms with Crippen molar-refractivity contribution in [3.05, 3.63) is 35.9 Å². The molecule has 1 fully saturated rings. The molecule has 1 unspecified atom stereocenters. The van der Waals surface area contributed by atoms with Crippen molar-refractivity contribution in [2.75, 3.05) is 26.7 Å². The summed E-state index contributed by atoms with van der Waals surface area (Å²) in [4.78, 5) is 62.5. The number of aliphatic carboxylic acids is 1. The van der Waals surface area contributed by atoms with E-state index in [1.165, 1.54) is 6.92 Å². The normalized spacial score (nSPS) is 17.0. The smallest absolute Gasteiger partial charge is 0.408 e. The fourth-order valence-electron chi connectivity index (χ4n) is 3.11. The second kappa shape index (κ2) is 11.0. The predicted molar refractivity (Wildman–Crippen MR) is 106 cm³/mol. The maximum Gasteiger partial charge on any atom is 0.408 e. The van der Waals surface area contributed by atoms with Crippen LogP contribution in [0.2, 0.25) is 0 Å². The molecule has 0 spiro atoms. The van der Waals surface area contributed by atoms with Crippen LogP contribution >= 0.6 is 0 Å². The van der Waals surface area contributed by atoms with E-state index in [-0.39, 0.29) is 19.7 Å². The third-order valence-corrected chi connectivity index (χ3v) is 4.70. The third kappa shape index (κ3) is 6.69. The summed E-state index contributed by atoms with van der Waals surface area (Å²) in [5.74, 6) is -3.21. The molecule has 0 aromatic heterocycles. The van der Waals surface area contributed by atoms with Gasteiger partial charge >= 0.3 is 18.0 Å². The average Bonchev–Trinajstić information content (AvgIpc) is 2.75. The lowest BCUT2D eigenvalue weighted by Gasteiger charge is -2.40. The number of nitrogens with zero attached hydrogens (tertiary/aromatic N) is 2. The van der Waals surface area contributed by atoms with Crippen molar-refractivity contribution >= 4 is 29.8 Å². The van der Waals surface area contributed by atoms with Crippen LogP contribution in [0.1, 0.15) is 18.9 Å². The van der Waals surface area contributed by atoms with Crippen molar-refractivity contribution < 1.29 is 38.6 Å². The SMILES string of the molecule is COC(=O)C[C@H]1C(=O)N(CC(=O)O)CCN1C(=O)C(C)NC(=O)OCc1ccccc1. The average molecular weight is 435 g/mol. The van der Waals surface area contributed by atoms with Gasteiger partial charge in [0.05, 0.1) is 13.5 Å². The van der Waals surface area contributed by atoms with Crippen molar-refractivity contribution in [1.29, 1.82) is 0 Å². The number of hydrogen-bond donors (Lipinski definition) is 2. The predicted octanol–water partition coefficient (Wildman–Crippen LogP) is -0.0116. The maximum absolute atomic E-state index is 12.9. The van der Waals surface area contributed by atoms with E-state index in [0.29, 0.717) is 0 Å². The molecule has 11 nitrogen and oxygen atoms in total. The second-order valence-electron chi connectivity index (χ2n) is 6.91. The van der Waals surface area contributed by atoms with Crippen LogP contribution in [0.3, 0.4) is 0 Å². The van der Waals surface area contributed by atoms with Crippen LogP contribution in [0.25, 0.3) is 0 Å². The van der Waals surface area contributed by atoms with Gasteiger partial charge in [-0.2, -0.15) is 0 Å². The van der Waals surface area contributed by atoms with Crippen molar-refractivity contribution in [1.82, 2.24) is 15.1 Å². The van der Waals surface area contributed by atoms with E-state index in [1.54, 1.807) is 24.3 Å². The zero-order valence-electron chi connectivity index (χ0n) is 17.3. The van der Waals surface area contributed by atoms with Crippen LogP contribution in [0.5, 0.6) is 0 Å². The first-order valence-electron chi connectivity index (χ1n) is 9.58. The molecule has 11 heteroatoms. The maximum atomic E-state index is 12.9. The number of ether oxygens (including phenoxy) is 2. The Morgan fingerprint density at radius 2 is 1.87 bits per heavy atom. The number of methoxy groups -OCH3 is 1. The summed E-state index contributed by atoms with van der Waals surface area (Å²) >= 11 is 0. The molecule has 2 atom stereocenters. The molecule has 1 aliphatic rings. The summed E-state index contributed by atoms with van der Waals surface area (Å²) in [5.41, 5.74) is 0.773. The standard InChI is InChI=1S/C20H25N3O8/c1-13(21-20(29)31-12-14-6-4-3-5-7-14)18(27)23-9-8-22(11-16(24)25)19(28)15(23)10-17(26)30-2/h3-7,13,15H,8-12H2,1-2H3,(H,21,29)(H,24,25)/t13?,15-/m0/s1. The second-order valence-corrected chi connectivity index (χ2v) is 6.91. The van der Waals surface area contributed by atoms with Crippen molar-refractivity contribution in [2.45, 2.75) is 32.0 Å². The fourth-order valence-corrected chi connectivity index (χ4v) is 3.11. The monoisotopic (exact) mass is 435 g/mol. The Morgan fingerprint density at radius 1 is 1.19 bits per heavy atom. The minimum Gasteiger partial charge on any atom is -0.480 e. The van der Waals surface area contributed by atoms with Crippen molar-refractivity contribution in [3.63, 3.8) is 0 Å². The number of carboxylic acids is 1. The number of benzene rings is 1. The lowest BCUT2D eigenvalue weighted by atomic mass is 10.1. The van der Waals surface area contributed by atoms with E-state index in [9.17, 15) is 24.0 Å². The van der Waals surface area contributed by atoms with Gasteiger partial charge in [0, 0.05) is 13.1 Å². The number of hydrogen-bond acceptors (Lipinski definition) is 7. The molecule has 0 saturated carbocycles. The minimum absolute atomic E-state index is 0.00456. The summed E-state index contributed by atoms with van der Waals surface area (Å²) in [6.07, 6.45) is -1.24. The summed E-state index contributed by atoms with van der Waals surface area (Å²) in [5, 5.41) is 11.4. The number of alkyl carbamates (subject to hydrolysis) is 1. The van der Waals surface area contributed by atoms with Crippen LogP contribution in [-0.4, -0.2) is 83.6 Å². The molecule has 0 bridgehead atoms. The van der Waals surface area contributed by atoms with Gasteiger partial charge in [-0.05, 0) is 12.5 Å². The van der Waals surface area contributed by atoms with Gasteiger partial charge in [-0.15, -0.1) is 0 Å². The Morgan fingerprint density at radius 3 is 2.48 bits per heavy atom. The summed E-state index contributed by atoms with van der Waals surface area (Å²) < 4.78 is 9.68. The number of carboxylic acid groups (broad SMARTS) is 1. The Hall–Kier alpha value is -3.63. The van der Waals surface area contributed by atoms with Crippen LogP contribution in [-0.2, 0) is 35.3 Å². The van der Waals surface area contributed by atoms with E-state index < -0.39 is 54.9 Å². The quantitative estimate of drug-likeness (QED) is 0.543. The third-order valence-electron chi connectivity index (χ3n) is 4.70. The Bertz CT molecular complexity index is 829. The highest BCUT2D eigenvalue weighted by atomic mass is 16.5. The number of nitrogens with one attached hydrogen (secondary N) is 1. The van der Waals surface area contributed by atoms with Crippen LogP contribution < -0.4 is 5.32 Å². The molecule has 0 aliphatic carbocycles. The first kappa shape index (κ1) is 23.6.